The molecule has 1 aliphatic rings. The first-order valence-corrected chi connectivity index (χ1v) is 9.43. The fourth-order valence-electron chi connectivity index (χ4n) is 3.40. The van der Waals surface area contributed by atoms with E-state index in [1.807, 2.05) is 28.9 Å². The van der Waals surface area contributed by atoms with Crippen molar-refractivity contribution in [2.24, 2.45) is 0 Å². The van der Waals surface area contributed by atoms with Gasteiger partial charge in [0.15, 0.2) is 0 Å². The van der Waals surface area contributed by atoms with Gasteiger partial charge in [0, 0.05) is 5.56 Å². The van der Waals surface area contributed by atoms with E-state index in [0.29, 0.717) is 12.2 Å². The topological polar surface area (TPSA) is 59.0 Å². The molecule has 0 radical (unpaired) electrons. The van der Waals surface area contributed by atoms with E-state index in [1.165, 1.54) is 11.1 Å². The second kappa shape index (κ2) is 7.76. The van der Waals surface area contributed by atoms with E-state index in [4.69, 9.17) is 5.10 Å². The quantitative estimate of drug-likeness (QED) is 0.663. The molecule has 1 unspecified atom stereocenters. The Bertz CT molecular complexity index is 915. The van der Waals surface area contributed by atoms with Gasteiger partial charge in [0.05, 0.1) is 12.2 Å². The number of benzene rings is 2. The lowest BCUT2D eigenvalue weighted by atomic mass is 10.1. The summed E-state index contributed by atoms with van der Waals surface area (Å²) in [4.78, 5) is 12.2. The molecular formula is C22H24N4O. The summed E-state index contributed by atoms with van der Waals surface area (Å²) >= 11 is 0. The van der Waals surface area contributed by atoms with Gasteiger partial charge in [-0.15, -0.1) is 0 Å². The van der Waals surface area contributed by atoms with Crippen LogP contribution in [0, 0.1) is 6.92 Å². The summed E-state index contributed by atoms with van der Waals surface area (Å²) in [5, 5.41) is 11.2. The summed E-state index contributed by atoms with van der Waals surface area (Å²) in [7, 11) is 0. The van der Waals surface area contributed by atoms with Crippen molar-refractivity contribution in [2.75, 3.05) is 13.1 Å². The number of aryl methyl sites for hydroxylation is 2. The van der Waals surface area contributed by atoms with Gasteiger partial charge in [-0.2, -0.15) is 5.10 Å². The molecule has 4 rings (SSSR count). The molecule has 0 fully saturated rings. The summed E-state index contributed by atoms with van der Waals surface area (Å²) in [6.45, 7) is 3.48. The molecule has 2 heterocycles. The number of carbonyl (C=O) groups excluding carboxylic acids is 1. The Morgan fingerprint density at radius 3 is 2.70 bits per heavy atom. The number of nitrogens with zero attached hydrogens (tertiary/aromatic N) is 2. The average molecular weight is 360 g/mol. The van der Waals surface area contributed by atoms with E-state index >= 15 is 0 Å². The molecular weight excluding hydrogens is 336 g/mol. The van der Waals surface area contributed by atoms with Crippen molar-refractivity contribution < 1.29 is 4.79 Å². The third kappa shape index (κ3) is 3.93. The normalized spacial score (nSPS) is 16.0. The third-order valence-corrected chi connectivity index (χ3v) is 4.93. The highest BCUT2D eigenvalue weighted by Crippen LogP contribution is 2.23. The van der Waals surface area contributed by atoms with E-state index in [1.54, 1.807) is 0 Å². The van der Waals surface area contributed by atoms with Crippen LogP contribution in [0.5, 0.6) is 0 Å². The Morgan fingerprint density at radius 1 is 1.15 bits per heavy atom. The van der Waals surface area contributed by atoms with E-state index in [-0.39, 0.29) is 12.1 Å². The minimum atomic E-state index is -0.0665. The minimum Gasteiger partial charge on any atom is -0.347 e. The van der Waals surface area contributed by atoms with Gasteiger partial charge in [-0.3, -0.25) is 10.1 Å². The van der Waals surface area contributed by atoms with Crippen molar-refractivity contribution in [1.29, 1.82) is 0 Å². The molecule has 1 amide bonds. The van der Waals surface area contributed by atoms with Crippen LogP contribution < -0.4 is 10.6 Å². The predicted octanol–water partition coefficient (Wildman–Crippen LogP) is 3.32. The molecule has 1 aromatic heterocycles. The number of carbonyl (C=O) groups is 1. The lowest BCUT2D eigenvalue weighted by Gasteiger charge is -2.25. The van der Waals surface area contributed by atoms with Crippen LogP contribution in [0.25, 0.3) is 11.3 Å². The van der Waals surface area contributed by atoms with Gasteiger partial charge in [-0.25, -0.2) is 4.68 Å². The fourth-order valence-corrected chi connectivity index (χ4v) is 3.40. The van der Waals surface area contributed by atoms with Crippen molar-refractivity contribution in [1.82, 2.24) is 20.4 Å². The van der Waals surface area contributed by atoms with Crippen molar-refractivity contribution in [2.45, 2.75) is 25.9 Å². The zero-order valence-corrected chi connectivity index (χ0v) is 15.5. The maximum absolute atomic E-state index is 12.2. The Balaban J connectivity index is 1.44. The van der Waals surface area contributed by atoms with Crippen LogP contribution in [-0.2, 0) is 6.42 Å². The molecule has 3 aromatic rings. The van der Waals surface area contributed by atoms with Gasteiger partial charge in [0.2, 0.25) is 0 Å². The molecule has 2 N–H and O–H groups in total. The summed E-state index contributed by atoms with van der Waals surface area (Å²) in [5.74, 6) is -0.0665. The predicted molar refractivity (Wildman–Crippen MR) is 107 cm³/mol. The number of hydrogen-bond donors (Lipinski definition) is 2. The van der Waals surface area contributed by atoms with Crippen molar-refractivity contribution in [3.8, 4) is 11.3 Å². The highest BCUT2D eigenvalue weighted by molar-refractivity contribution is 5.94. The highest BCUT2D eigenvalue weighted by Gasteiger charge is 2.26. The number of amides is 1. The van der Waals surface area contributed by atoms with Gasteiger partial charge in [0.1, 0.15) is 11.9 Å². The van der Waals surface area contributed by atoms with Crippen molar-refractivity contribution in [3.63, 3.8) is 0 Å². The molecule has 5 nitrogen and oxygen atoms in total. The number of fused-ring (bicyclic) bond motifs is 1. The van der Waals surface area contributed by atoms with Gasteiger partial charge < -0.3 is 5.32 Å². The van der Waals surface area contributed by atoms with E-state index in [0.717, 1.165) is 30.6 Å². The Hall–Kier alpha value is -2.92. The second-order valence-electron chi connectivity index (χ2n) is 6.99. The molecule has 1 aliphatic heterocycles. The van der Waals surface area contributed by atoms with Crippen LogP contribution in [0.2, 0.25) is 0 Å². The Morgan fingerprint density at radius 2 is 1.93 bits per heavy atom. The zero-order valence-electron chi connectivity index (χ0n) is 15.5. The largest absolute Gasteiger partial charge is 0.347 e. The highest BCUT2D eigenvalue weighted by atomic mass is 16.2. The fraction of sp³-hybridized carbons (Fsp3) is 0.273. The van der Waals surface area contributed by atoms with Crippen LogP contribution in [-0.4, -0.2) is 28.8 Å². The van der Waals surface area contributed by atoms with Crippen LogP contribution in [0.4, 0.5) is 0 Å². The first-order valence-electron chi connectivity index (χ1n) is 9.43. The standard InChI is InChI=1S/C22H24N4O/c1-16-9-11-18(12-10-16)19-14-20-22(27)24-15-21(26(20)25-19)23-13-5-8-17-6-3-2-4-7-17/h2-4,6-7,9-12,14,21,23H,5,8,13,15H2,1H3,(H,24,27). The average Bonchev–Trinajstić information content (AvgIpc) is 3.15. The molecule has 0 saturated heterocycles. The van der Waals surface area contributed by atoms with E-state index in [9.17, 15) is 4.79 Å². The molecule has 0 aliphatic carbocycles. The van der Waals surface area contributed by atoms with Crippen LogP contribution in [0.3, 0.4) is 0 Å². The van der Waals surface area contributed by atoms with Gasteiger partial charge >= 0.3 is 0 Å². The molecule has 0 spiro atoms. The summed E-state index contributed by atoms with van der Waals surface area (Å²) in [6.07, 6.45) is 2.05. The summed E-state index contributed by atoms with van der Waals surface area (Å²) in [6, 6.07) is 20.6. The number of hydrogen-bond acceptors (Lipinski definition) is 3. The molecule has 138 valence electrons. The smallest absolute Gasteiger partial charge is 0.269 e. The second-order valence-corrected chi connectivity index (χ2v) is 6.99. The molecule has 0 bridgehead atoms. The van der Waals surface area contributed by atoms with Crippen molar-refractivity contribution >= 4 is 5.91 Å². The Kier molecular flexibility index (Phi) is 5.03. The van der Waals surface area contributed by atoms with Crippen molar-refractivity contribution in [3.05, 3.63) is 77.5 Å². The van der Waals surface area contributed by atoms with Gasteiger partial charge in [0.25, 0.3) is 5.91 Å². The lowest BCUT2D eigenvalue weighted by Crippen LogP contribution is -2.45. The van der Waals surface area contributed by atoms with Gasteiger partial charge in [-0.05, 0) is 37.9 Å². The molecule has 2 aromatic carbocycles. The van der Waals surface area contributed by atoms with E-state index < -0.39 is 0 Å². The molecule has 27 heavy (non-hydrogen) atoms. The number of aromatic nitrogens is 2. The maximum atomic E-state index is 12.2. The molecule has 5 heteroatoms. The first-order chi connectivity index (χ1) is 13.2. The summed E-state index contributed by atoms with van der Waals surface area (Å²) in [5.41, 5.74) is 5.02. The zero-order chi connectivity index (χ0) is 18.6. The monoisotopic (exact) mass is 360 g/mol. The van der Waals surface area contributed by atoms with Crippen LogP contribution in [0.15, 0.2) is 60.7 Å². The van der Waals surface area contributed by atoms with Crippen LogP contribution >= 0.6 is 0 Å². The number of nitrogens with one attached hydrogen (secondary N) is 2. The maximum Gasteiger partial charge on any atom is 0.269 e. The van der Waals surface area contributed by atoms with E-state index in [2.05, 4.69) is 54.0 Å². The number of rotatable bonds is 6. The third-order valence-electron chi connectivity index (χ3n) is 4.93. The minimum absolute atomic E-state index is 0.0207. The lowest BCUT2D eigenvalue weighted by molar-refractivity contribution is 0.0900. The molecule has 1 atom stereocenters. The Labute approximate surface area is 159 Å². The first kappa shape index (κ1) is 17.5. The molecule has 0 saturated carbocycles. The SMILES string of the molecule is Cc1ccc(-c2cc3n(n2)C(NCCCc2ccccc2)CNC3=O)cc1. The van der Waals surface area contributed by atoms with Gasteiger partial charge in [-0.1, -0.05) is 60.2 Å². The summed E-state index contributed by atoms with van der Waals surface area (Å²) < 4.78 is 1.83. The van der Waals surface area contributed by atoms with Crippen LogP contribution in [0.1, 0.15) is 34.2 Å².